The number of hydrogen-bond acceptors (Lipinski definition) is 11. The molecule has 234 valence electrons. The Kier molecular flexibility index (Phi) is 27.1. The Morgan fingerprint density at radius 2 is 1.39 bits per heavy atom. The summed E-state index contributed by atoms with van der Waals surface area (Å²) in [5.41, 5.74) is 10.6. The van der Waals surface area contributed by atoms with Gasteiger partial charge in [-0.3, -0.25) is 33.9 Å². The Labute approximate surface area is 267 Å². The van der Waals surface area contributed by atoms with E-state index in [1.807, 2.05) is 0 Å². The van der Waals surface area contributed by atoms with Crippen LogP contribution in [0.15, 0.2) is 4.99 Å². The quantitative estimate of drug-likeness (QED) is 0.0247. The van der Waals surface area contributed by atoms with Gasteiger partial charge in [0, 0.05) is 26.1 Å². The molecule has 0 aliphatic carbocycles. The molecular weight excluding hydrogens is 683 g/mol. The SMILES string of the molecule is NC(N)=NCCC[C@H](NC(=O)CN(CC[S-])CC[S-])C(=O)NCCC(=O)N[C@@H](CC(=O)O)C(=O)NCCC[S-].[O]=[99Tc+3]. The van der Waals surface area contributed by atoms with Crippen LogP contribution in [0.1, 0.15) is 32.1 Å². The number of rotatable bonds is 22. The van der Waals surface area contributed by atoms with Gasteiger partial charge >= 0.3 is 28.3 Å². The van der Waals surface area contributed by atoms with Gasteiger partial charge in [0.1, 0.15) is 12.1 Å². The number of hydrogen-bond donors (Lipinski definition) is 7. The minimum absolute atomic E-state index is 0.0207. The van der Waals surface area contributed by atoms with E-state index >= 15 is 0 Å². The number of carboxylic acids is 1. The molecule has 0 aromatic heterocycles. The van der Waals surface area contributed by atoms with Gasteiger partial charge in [0.25, 0.3) is 0 Å². The van der Waals surface area contributed by atoms with Gasteiger partial charge in [-0.1, -0.05) is 6.42 Å². The molecule has 0 rings (SSSR count). The van der Waals surface area contributed by atoms with Crippen molar-refractivity contribution in [1.29, 1.82) is 0 Å². The first kappa shape index (κ1) is 41.2. The molecule has 9 N–H and O–H groups in total. The number of carbonyl (C=O) groups is 5. The first-order chi connectivity index (χ1) is 19.5. The maximum absolute atomic E-state index is 12.8. The molecule has 0 heterocycles. The zero-order valence-corrected chi connectivity index (χ0v) is 26.9. The molecule has 0 bridgehead atoms. The number of nitrogens with zero attached hydrogens (tertiary/aromatic N) is 2. The van der Waals surface area contributed by atoms with Crippen molar-refractivity contribution in [3.63, 3.8) is 0 Å². The first-order valence-corrected chi connectivity index (χ1v) is 15.1. The zero-order chi connectivity index (χ0) is 31.6. The Balaban J connectivity index is 0. The molecule has 0 unspecified atom stereocenters. The van der Waals surface area contributed by atoms with E-state index < -0.39 is 42.2 Å². The summed E-state index contributed by atoms with van der Waals surface area (Å²) in [4.78, 5) is 66.7. The van der Waals surface area contributed by atoms with E-state index in [9.17, 15) is 24.0 Å². The Bertz CT molecular complexity index is 835. The summed E-state index contributed by atoms with van der Waals surface area (Å²) in [5.74, 6) is -2.25. The fourth-order valence-corrected chi connectivity index (χ4v) is 3.88. The summed E-state index contributed by atoms with van der Waals surface area (Å²) in [6.07, 6.45) is 0.339. The number of aliphatic carboxylic acids is 1. The molecular formula is C22H39N8O7S3Tc. The predicted molar refractivity (Wildman–Crippen MR) is 155 cm³/mol. The molecule has 0 aliphatic rings. The summed E-state index contributed by atoms with van der Waals surface area (Å²) in [5, 5.41) is 19.2. The third-order valence-electron chi connectivity index (χ3n) is 5.08. The monoisotopic (exact) mass is 722 g/mol. The van der Waals surface area contributed by atoms with Crippen molar-refractivity contribution in [3.8, 4) is 0 Å². The third kappa shape index (κ3) is 23.3. The molecule has 19 heteroatoms. The number of amides is 4. The van der Waals surface area contributed by atoms with Crippen LogP contribution >= 0.6 is 0 Å². The average Bonchev–Trinajstić information content (AvgIpc) is 2.91. The van der Waals surface area contributed by atoms with Crippen LogP contribution in [0.4, 0.5) is 0 Å². The molecule has 41 heavy (non-hydrogen) atoms. The number of nitrogens with two attached hydrogens (primary N) is 2. The molecule has 2 atom stereocenters. The van der Waals surface area contributed by atoms with Crippen LogP contribution in [0.2, 0.25) is 0 Å². The van der Waals surface area contributed by atoms with Crippen LogP contribution in [-0.2, 0) is 84.2 Å². The van der Waals surface area contributed by atoms with Crippen molar-refractivity contribution in [2.24, 2.45) is 16.5 Å². The molecule has 0 fully saturated rings. The van der Waals surface area contributed by atoms with Gasteiger partial charge in [0.15, 0.2) is 5.96 Å². The van der Waals surface area contributed by atoms with E-state index in [0.717, 1.165) is 18.9 Å². The average molecular weight is 723 g/mol. The Morgan fingerprint density at radius 3 is 1.93 bits per heavy atom. The number of aliphatic imine (C=N–C) groups is 1. The van der Waals surface area contributed by atoms with Gasteiger partial charge in [0.2, 0.25) is 23.6 Å². The van der Waals surface area contributed by atoms with E-state index in [1.165, 1.54) is 0 Å². The van der Waals surface area contributed by atoms with E-state index in [0.29, 0.717) is 43.2 Å². The van der Waals surface area contributed by atoms with E-state index in [2.05, 4.69) is 26.3 Å². The van der Waals surface area contributed by atoms with Gasteiger partial charge < -0.3 is 75.7 Å². The maximum atomic E-state index is 12.8. The normalized spacial score (nSPS) is 11.7. The van der Waals surface area contributed by atoms with Gasteiger partial charge in [-0.25, -0.2) is 0 Å². The molecule has 0 saturated carbocycles. The fraction of sp³-hybridized carbons (Fsp3) is 0.727. The van der Waals surface area contributed by atoms with Crippen LogP contribution in [0.3, 0.4) is 0 Å². The molecule has 0 spiro atoms. The molecule has 0 aliphatic heterocycles. The topological polar surface area (TPSA) is 238 Å². The third-order valence-corrected chi connectivity index (χ3v) is 5.74. The van der Waals surface area contributed by atoms with Gasteiger partial charge in [-0.05, 0) is 25.9 Å². The zero-order valence-electron chi connectivity index (χ0n) is 22.6. The van der Waals surface area contributed by atoms with Gasteiger partial charge in [-0.15, -0.1) is 0 Å². The molecule has 0 saturated heterocycles. The van der Waals surface area contributed by atoms with Gasteiger partial charge in [-0.2, -0.15) is 17.3 Å². The van der Waals surface area contributed by atoms with E-state index in [4.69, 9.17) is 58.0 Å². The predicted octanol–water partition coefficient (Wildman–Crippen LogP) is -3.68. The van der Waals surface area contributed by atoms with E-state index in [-0.39, 0.29) is 50.9 Å². The summed E-state index contributed by atoms with van der Waals surface area (Å²) in [7, 11) is 0. The summed E-state index contributed by atoms with van der Waals surface area (Å²) < 4.78 is 8.22. The van der Waals surface area contributed by atoms with Crippen LogP contribution < -0.4 is 32.7 Å². The minimum atomic E-state index is -1.27. The molecule has 4 amide bonds. The van der Waals surface area contributed by atoms with E-state index in [1.54, 1.807) is 4.90 Å². The van der Waals surface area contributed by atoms with Crippen molar-refractivity contribution in [3.05, 3.63) is 0 Å². The second-order valence-electron chi connectivity index (χ2n) is 8.36. The second kappa shape index (κ2) is 26.9. The first-order valence-electron chi connectivity index (χ1n) is 12.6. The Hall–Kier alpha value is -1.92. The molecule has 0 aromatic rings. The standard InChI is InChI=1S/C22H42N8O6S3.O.Tc/c23-22(24)27-5-1-3-15(28-18(32)14-30(8-11-38)9-12-39)20(35)26-7-4-17(31)29-16(13-19(33)34)21(36)25-6-2-10-37;;/h15-16,37-39H,1-14H2,(H,25,36)(H,26,35)(H,28,32)(H,29,31)(H,33,34)(H4,23,24,27);;/q;;+3/p-3/t15-,16-;;/m0../s1/i;;1+1. The van der Waals surface area contributed by atoms with Crippen molar-refractivity contribution in [2.75, 3.05) is 56.5 Å². The summed E-state index contributed by atoms with van der Waals surface area (Å²) in [6.45, 7) is 1.43. The summed E-state index contributed by atoms with van der Waals surface area (Å²) >= 11 is 15.7. The van der Waals surface area contributed by atoms with Crippen molar-refractivity contribution >= 4 is 73.4 Å². The van der Waals surface area contributed by atoms with Crippen LogP contribution in [0.5, 0.6) is 0 Å². The second-order valence-corrected chi connectivity index (χ2v) is 9.59. The fourth-order valence-electron chi connectivity index (χ4n) is 3.22. The van der Waals surface area contributed by atoms with Crippen LogP contribution in [0, 0.1) is 0 Å². The van der Waals surface area contributed by atoms with Crippen LogP contribution in [-0.4, -0.2) is 114 Å². The number of carbonyl (C=O) groups excluding carboxylic acids is 4. The Morgan fingerprint density at radius 1 is 0.829 bits per heavy atom. The van der Waals surface area contributed by atoms with Crippen molar-refractivity contribution < 1.29 is 51.4 Å². The molecule has 0 radical (unpaired) electrons. The van der Waals surface area contributed by atoms with Crippen molar-refractivity contribution in [1.82, 2.24) is 26.2 Å². The van der Waals surface area contributed by atoms with Gasteiger partial charge in [0.05, 0.1) is 13.0 Å². The molecule has 0 aromatic carbocycles. The number of guanidine groups is 1. The number of carboxylic acid groups (broad SMARTS) is 1. The van der Waals surface area contributed by atoms with Crippen molar-refractivity contribution in [2.45, 2.75) is 44.2 Å². The molecule has 15 nitrogen and oxygen atoms in total. The summed E-state index contributed by atoms with van der Waals surface area (Å²) in [6, 6.07) is -2.19. The number of nitrogens with one attached hydrogen (secondary N) is 4. The van der Waals surface area contributed by atoms with Crippen LogP contribution in [0.25, 0.3) is 0 Å².